The Morgan fingerprint density at radius 2 is 1.95 bits per heavy atom. The van der Waals surface area contributed by atoms with E-state index in [1.54, 1.807) is 6.07 Å². The third-order valence-electron chi connectivity index (χ3n) is 3.32. The molecule has 1 N–H and O–H groups in total. The molecular formula is C17H19ClN2O. The van der Waals surface area contributed by atoms with Gasteiger partial charge in [0.25, 0.3) is 5.91 Å². The van der Waals surface area contributed by atoms with Crippen molar-refractivity contribution in [3.05, 3.63) is 59.2 Å². The summed E-state index contributed by atoms with van der Waals surface area (Å²) >= 11 is 5.80. The number of carbonyl (C=O) groups is 1. The molecule has 2 aromatic rings. The van der Waals surface area contributed by atoms with Gasteiger partial charge in [-0.2, -0.15) is 0 Å². The van der Waals surface area contributed by atoms with Gasteiger partial charge in [0.2, 0.25) is 0 Å². The van der Waals surface area contributed by atoms with E-state index in [2.05, 4.69) is 5.32 Å². The van der Waals surface area contributed by atoms with Crippen LogP contribution >= 0.6 is 11.6 Å². The molecule has 2 rings (SSSR count). The van der Waals surface area contributed by atoms with Crippen molar-refractivity contribution < 1.29 is 4.79 Å². The lowest BCUT2D eigenvalue weighted by Crippen LogP contribution is -2.14. The summed E-state index contributed by atoms with van der Waals surface area (Å²) in [5.74, 6) is 0.278. The maximum Gasteiger partial charge on any atom is 0.255 e. The van der Waals surface area contributed by atoms with E-state index < -0.39 is 0 Å². The number of hydrogen-bond donors (Lipinski definition) is 1. The maximum atomic E-state index is 12.3. The zero-order chi connectivity index (χ0) is 15.4. The van der Waals surface area contributed by atoms with Gasteiger partial charge < -0.3 is 10.2 Å². The van der Waals surface area contributed by atoms with E-state index in [9.17, 15) is 4.79 Å². The number of alkyl halides is 1. The molecule has 0 spiro atoms. The lowest BCUT2D eigenvalue weighted by molar-refractivity contribution is 0.102. The molecule has 0 saturated heterocycles. The number of amides is 1. The number of aryl methyl sites for hydroxylation is 1. The van der Waals surface area contributed by atoms with Crippen LogP contribution in [-0.2, 0) is 5.88 Å². The predicted octanol–water partition coefficient (Wildman–Crippen LogP) is 4.05. The molecule has 0 heterocycles. The zero-order valence-electron chi connectivity index (χ0n) is 12.5. The molecular weight excluding hydrogens is 284 g/mol. The van der Waals surface area contributed by atoms with E-state index in [-0.39, 0.29) is 5.91 Å². The van der Waals surface area contributed by atoms with Crippen LogP contribution in [0.25, 0.3) is 0 Å². The van der Waals surface area contributed by atoms with Crippen LogP contribution in [0.3, 0.4) is 0 Å². The van der Waals surface area contributed by atoms with Crippen LogP contribution in [0.1, 0.15) is 21.5 Å². The Labute approximate surface area is 130 Å². The molecule has 0 radical (unpaired) electrons. The van der Waals surface area contributed by atoms with Crippen molar-refractivity contribution in [1.82, 2.24) is 0 Å². The number of anilines is 2. The number of nitrogens with zero attached hydrogens (tertiary/aromatic N) is 1. The standard InChI is InChI=1S/C17H19ClN2O/c1-12-9-15(20(2)3)7-8-16(12)19-17(21)14-6-4-5-13(10-14)11-18/h4-10H,11H2,1-3H3,(H,19,21). The molecule has 0 atom stereocenters. The summed E-state index contributed by atoms with van der Waals surface area (Å²) in [6.45, 7) is 1.98. The lowest BCUT2D eigenvalue weighted by atomic mass is 10.1. The van der Waals surface area contributed by atoms with Gasteiger partial charge in [-0.3, -0.25) is 4.79 Å². The molecule has 3 nitrogen and oxygen atoms in total. The average molecular weight is 303 g/mol. The monoisotopic (exact) mass is 302 g/mol. The summed E-state index contributed by atoms with van der Waals surface area (Å²) in [5.41, 5.74) is 4.51. The second-order valence-electron chi connectivity index (χ2n) is 5.18. The molecule has 0 aliphatic rings. The Bertz CT molecular complexity index is 653. The van der Waals surface area contributed by atoms with E-state index in [0.717, 1.165) is 22.5 Å². The normalized spacial score (nSPS) is 10.3. The largest absolute Gasteiger partial charge is 0.378 e. The summed E-state index contributed by atoms with van der Waals surface area (Å²) in [4.78, 5) is 14.3. The van der Waals surface area contributed by atoms with Crippen LogP contribution in [0.2, 0.25) is 0 Å². The number of hydrogen-bond acceptors (Lipinski definition) is 2. The van der Waals surface area contributed by atoms with Crippen molar-refractivity contribution in [1.29, 1.82) is 0 Å². The second kappa shape index (κ2) is 6.64. The fraction of sp³-hybridized carbons (Fsp3) is 0.235. The molecule has 0 fully saturated rings. The summed E-state index contributed by atoms with van der Waals surface area (Å²) in [7, 11) is 3.98. The highest BCUT2D eigenvalue weighted by Gasteiger charge is 2.09. The Morgan fingerprint density at radius 3 is 2.57 bits per heavy atom. The highest BCUT2D eigenvalue weighted by Crippen LogP contribution is 2.22. The van der Waals surface area contributed by atoms with E-state index in [1.165, 1.54) is 0 Å². The third-order valence-corrected chi connectivity index (χ3v) is 3.63. The minimum atomic E-state index is -0.123. The number of carbonyl (C=O) groups excluding carboxylic acids is 1. The molecule has 0 aliphatic carbocycles. The van der Waals surface area contributed by atoms with Crippen molar-refractivity contribution in [2.24, 2.45) is 0 Å². The first-order valence-electron chi connectivity index (χ1n) is 6.75. The summed E-state index contributed by atoms with van der Waals surface area (Å²) in [6.07, 6.45) is 0. The van der Waals surface area contributed by atoms with Crippen molar-refractivity contribution in [2.45, 2.75) is 12.8 Å². The van der Waals surface area contributed by atoms with Crippen LogP contribution in [0, 0.1) is 6.92 Å². The Hall–Kier alpha value is -2.00. The van der Waals surface area contributed by atoms with Crippen LogP contribution in [-0.4, -0.2) is 20.0 Å². The first kappa shape index (κ1) is 15.4. The molecule has 110 valence electrons. The first-order valence-corrected chi connectivity index (χ1v) is 7.29. The number of halogens is 1. The number of rotatable bonds is 4. The number of benzene rings is 2. The number of nitrogens with one attached hydrogen (secondary N) is 1. The summed E-state index contributed by atoms with van der Waals surface area (Å²) < 4.78 is 0. The van der Waals surface area contributed by atoms with Gasteiger partial charge in [0.15, 0.2) is 0 Å². The highest BCUT2D eigenvalue weighted by molar-refractivity contribution is 6.17. The quantitative estimate of drug-likeness (QED) is 0.864. The van der Waals surface area contributed by atoms with Crippen molar-refractivity contribution in [3.63, 3.8) is 0 Å². The molecule has 0 aromatic heterocycles. The lowest BCUT2D eigenvalue weighted by Gasteiger charge is -2.15. The average Bonchev–Trinajstić information content (AvgIpc) is 2.49. The molecule has 2 aromatic carbocycles. The maximum absolute atomic E-state index is 12.3. The SMILES string of the molecule is Cc1cc(N(C)C)ccc1NC(=O)c1cccc(CCl)c1. The van der Waals surface area contributed by atoms with E-state index >= 15 is 0 Å². The van der Waals surface area contributed by atoms with E-state index in [1.807, 2.05) is 62.3 Å². The molecule has 4 heteroatoms. The van der Waals surface area contributed by atoms with Gasteiger partial charge in [-0.05, 0) is 48.4 Å². The topological polar surface area (TPSA) is 32.3 Å². The van der Waals surface area contributed by atoms with Gasteiger partial charge in [0.1, 0.15) is 0 Å². The Morgan fingerprint density at radius 1 is 1.19 bits per heavy atom. The van der Waals surface area contributed by atoms with Crippen LogP contribution < -0.4 is 10.2 Å². The minimum absolute atomic E-state index is 0.123. The molecule has 0 unspecified atom stereocenters. The highest BCUT2D eigenvalue weighted by atomic mass is 35.5. The van der Waals surface area contributed by atoms with Crippen molar-refractivity contribution in [2.75, 3.05) is 24.3 Å². The van der Waals surface area contributed by atoms with Crippen LogP contribution in [0.15, 0.2) is 42.5 Å². The fourth-order valence-electron chi connectivity index (χ4n) is 2.06. The summed E-state index contributed by atoms with van der Waals surface area (Å²) in [5, 5.41) is 2.94. The predicted molar refractivity (Wildman–Crippen MR) is 89.5 cm³/mol. The second-order valence-corrected chi connectivity index (χ2v) is 5.45. The van der Waals surface area contributed by atoms with Gasteiger partial charge in [0.05, 0.1) is 0 Å². The van der Waals surface area contributed by atoms with Gasteiger partial charge >= 0.3 is 0 Å². The van der Waals surface area contributed by atoms with Gasteiger partial charge in [-0.1, -0.05) is 12.1 Å². The van der Waals surface area contributed by atoms with Gasteiger partial charge in [-0.25, -0.2) is 0 Å². The third kappa shape index (κ3) is 3.76. The fourth-order valence-corrected chi connectivity index (χ4v) is 2.22. The van der Waals surface area contributed by atoms with E-state index in [0.29, 0.717) is 11.4 Å². The molecule has 0 bridgehead atoms. The van der Waals surface area contributed by atoms with Crippen molar-refractivity contribution in [3.8, 4) is 0 Å². The molecule has 1 amide bonds. The smallest absolute Gasteiger partial charge is 0.255 e. The van der Waals surface area contributed by atoms with Gasteiger partial charge in [-0.15, -0.1) is 11.6 Å². The first-order chi connectivity index (χ1) is 10.0. The zero-order valence-corrected chi connectivity index (χ0v) is 13.2. The van der Waals surface area contributed by atoms with Gasteiger partial charge in [0, 0.05) is 36.9 Å². The van der Waals surface area contributed by atoms with E-state index in [4.69, 9.17) is 11.6 Å². The van der Waals surface area contributed by atoms with Crippen molar-refractivity contribution >= 4 is 28.9 Å². The summed E-state index contributed by atoms with van der Waals surface area (Å²) in [6, 6.07) is 13.3. The Balaban J connectivity index is 2.19. The Kier molecular flexibility index (Phi) is 4.86. The minimum Gasteiger partial charge on any atom is -0.378 e. The molecule has 21 heavy (non-hydrogen) atoms. The van der Waals surface area contributed by atoms with Crippen LogP contribution in [0.5, 0.6) is 0 Å². The molecule has 0 aliphatic heterocycles. The van der Waals surface area contributed by atoms with Crippen LogP contribution in [0.4, 0.5) is 11.4 Å². The molecule has 0 saturated carbocycles.